The molecule has 49 heavy (non-hydrogen) atoms. The maximum Gasteiger partial charge on any atom is 0.230 e. The van der Waals surface area contributed by atoms with E-state index in [4.69, 9.17) is 9.97 Å². The van der Waals surface area contributed by atoms with Crippen LogP contribution >= 0.6 is 0 Å². The van der Waals surface area contributed by atoms with Crippen molar-refractivity contribution >= 4 is 11.8 Å². The van der Waals surface area contributed by atoms with E-state index in [2.05, 4.69) is 72.3 Å². The molecule has 8 nitrogen and oxygen atoms in total. The summed E-state index contributed by atoms with van der Waals surface area (Å²) >= 11 is 0. The number of imidazole rings is 2. The number of benzene rings is 3. The zero-order valence-corrected chi connectivity index (χ0v) is 28.9. The van der Waals surface area contributed by atoms with Gasteiger partial charge in [0.25, 0.3) is 0 Å². The Morgan fingerprint density at radius 1 is 0.776 bits per heavy atom. The van der Waals surface area contributed by atoms with Crippen LogP contribution in [0.5, 0.6) is 0 Å². The van der Waals surface area contributed by atoms with E-state index in [1.54, 1.807) is 0 Å². The number of aromatic amines is 2. The molecular formula is C41H46N6O2. The molecule has 2 aliphatic rings. The maximum absolute atomic E-state index is 13.5. The minimum absolute atomic E-state index is 0.0354. The zero-order chi connectivity index (χ0) is 34.1. The van der Waals surface area contributed by atoms with Crippen LogP contribution in [0.1, 0.15) is 82.0 Å². The first-order valence-corrected chi connectivity index (χ1v) is 17.7. The Balaban J connectivity index is 0.985. The highest BCUT2D eigenvalue weighted by Gasteiger charge is 2.35. The molecule has 2 saturated heterocycles. The van der Waals surface area contributed by atoms with Crippen molar-refractivity contribution in [2.45, 2.75) is 64.8 Å². The minimum Gasteiger partial charge on any atom is -0.346 e. The molecule has 2 aliphatic heterocycles. The van der Waals surface area contributed by atoms with Gasteiger partial charge in [0, 0.05) is 43.2 Å². The summed E-state index contributed by atoms with van der Waals surface area (Å²) in [6, 6.07) is 27.0. The van der Waals surface area contributed by atoms with Crippen molar-refractivity contribution in [2.75, 3.05) is 19.6 Å². The normalized spacial score (nSPS) is 19.0. The van der Waals surface area contributed by atoms with E-state index in [0.29, 0.717) is 5.92 Å². The van der Waals surface area contributed by atoms with Crippen LogP contribution in [0.25, 0.3) is 33.6 Å². The molecule has 0 radical (unpaired) electrons. The van der Waals surface area contributed by atoms with Crippen LogP contribution in [0.15, 0.2) is 91.3 Å². The van der Waals surface area contributed by atoms with E-state index in [9.17, 15) is 9.59 Å². The number of rotatable bonds is 9. The monoisotopic (exact) mass is 654 g/mol. The third-order valence-electron chi connectivity index (χ3n) is 10.7. The predicted octanol–water partition coefficient (Wildman–Crippen LogP) is 8.21. The SMILES string of the molecule is CC(C)[C@H](C)C(=O)N1CC[C@H](c2ncc(-c3ccc(-c4ccc(-c5c[nH]c([C@@H]6CCCN6C(=O)[C@H](C)c6ccccc6)n5)cc4)cc3)[nH]2)C1. The van der Waals surface area contributed by atoms with Gasteiger partial charge < -0.3 is 19.8 Å². The van der Waals surface area contributed by atoms with Gasteiger partial charge in [0.2, 0.25) is 11.8 Å². The number of hydrogen-bond donors (Lipinski definition) is 2. The third-order valence-corrected chi connectivity index (χ3v) is 10.7. The molecular weight excluding hydrogens is 608 g/mol. The van der Waals surface area contributed by atoms with Crippen LogP contribution in [-0.2, 0) is 9.59 Å². The number of amides is 2. The second kappa shape index (κ2) is 13.9. The molecule has 4 heterocycles. The number of hydrogen-bond acceptors (Lipinski definition) is 4. The van der Waals surface area contributed by atoms with E-state index < -0.39 is 0 Å². The minimum atomic E-state index is -0.186. The van der Waals surface area contributed by atoms with Crippen LogP contribution in [0.2, 0.25) is 0 Å². The summed E-state index contributed by atoms with van der Waals surface area (Å²) in [5.74, 6) is 2.64. The van der Waals surface area contributed by atoms with Crippen LogP contribution in [-0.4, -0.2) is 61.2 Å². The average Bonchev–Trinajstić information content (AvgIpc) is 3.97. The number of carbonyl (C=O) groups excluding carboxylic acids is 2. The highest BCUT2D eigenvalue weighted by molar-refractivity contribution is 5.84. The third kappa shape index (κ3) is 6.69. The molecule has 2 N–H and O–H groups in total. The van der Waals surface area contributed by atoms with E-state index in [-0.39, 0.29) is 35.6 Å². The van der Waals surface area contributed by atoms with Gasteiger partial charge in [-0.05, 0) is 54.4 Å². The van der Waals surface area contributed by atoms with Crippen LogP contribution in [0.4, 0.5) is 0 Å². The fourth-order valence-corrected chi connectivity index (χ4v) is 7.23. The van der Waals surface area contributed by atoms with Gasteiger partial charge in [-0.25, -0.2) is 9.97 Å². The fraction of sp³-hybridized carbons (Fsp3) is 0.366. The van der Waals surface area contributed by atoms with Crippen molar-refractivity contribution in [1.82, 2.24) is 29.7 Å². The van der Waals surface area contributed by atoms with E-state index in [1.807, 2.05) is 66.4 Å². The molecule has 2 aromatic heterocycles. The predicted molar refractivity (Wildman–Crippen MR) is 194 cm³/mol. The fourth-order valence-electron chi connectivity index (χ4n) is 7.23. The van der Waals surface area contributed by atoms with Crippen molar-refractivity contribution in [3.8, 4) is 33.6 Å². The Labute approximate surface area is 289 Å². The highest BCUT2D eigenvalue weighted by atomic mass is 16.2. The molecule has 8 heteroatoms. The van der Waals surface area contributed by atoms with Gasteiger partial charge in [-0.3, -0.25) is 9.59 Å². The number of likely N-dealkylation sites (tertiary alicyclic amines) is 2. The van der Waals surface area contributed by atoms with Gasteiger partial charge in [0.1, 0.15) is 11.6 Å². The molecule has 0 aliphatic carbocycles. The van der Waals surface area contributed by atoms with Gasteiger partial charge in [-0.2, -0.15) is 0 Å². The lowest BCUT2D eigenvalue weighted by Gasteiger charge is -2.26. The van der Waals surface area contributed by atoms with Crippen molar-refractivity contribution in [3.63, 3.8) is 0 Å². The first-order chi connectivity index (χ1) is 23.8. The number of nitrogens with zero attached hydrogens (tertiary/aromatic N) is 4. The van der Waals surface area contributed by atoms with E-state index >= 15 is 0 Å². The smallest absolute Gasteiger partial charge is 0.230 e. The summed E-state index contributed by atoms with van der Waals surface area (Å²) in [6.07, 6.45) is 6.68. The quantitative estimate of drug-likeness (QED) is 0.167. The molecule has 3 aromatic carbocycles. The summed E-state index contributed by atoms with van der Waals surface area (Å²) in [4.78, 5) is 46.9. The van der Waals surface area contributed by atoms with Crippen LogP contribution in [0.3, 0.4) is 0 Å². The number of H-pyrrole nitrogens is 2. The molecule has 4 atom stereocenters. The topological polar surface area (TPSA) is 98.0 Å². The largest absolute Gasteiger partial charge is 0.346 e. The Morgan fingerprint density at radius 3 is 2.14 bits per heavy atom. The summed E-state index contributed by atoms with van der Waals surface area (Å²) in [5.41, 5.74) is 7.29. The van der Waals surface area contributed by atoms with Gasteiger partial charge in [0.05, 0.1) is 29.5 Å². The van der Waals surface area contributed by atoms with Gasteiger partial charge in [0.15, 0.2) is 0 Å². The van der Waals surface area contributed by atoms with Gasteiger partial charge in [-0.15, -0.1) is 0 Å². The second-order valence-electron chi connectivity index (χ2n) is 14.1. The van der Waals surface area contributed by atoms with E-state index in [0.717, 1.165) is 89.8 Å². The van der Waals surface area contributed by atoms with Crippen LogP contribution < -0.4 is 0 Å². The zero-order valence-electron chi connectivity index (χ0n) is 28.9. The summed E-state index contributed by atoms with van der Waals surface area (Å²) in [5, 5.41) is 0. The van der Waals surface area contributed by atoms with Crippen LogP contribution in [0, 0.1) is 11.8 Å². The molecule has 0 saturated carbocycles. The summed E-state index contributed by atoms with van der Waals surface area (Å²) in [7, 11) is 0. The van der Waals surface area contributed by atoms with Gasteiger partial charge >= 0.3 is 0 Å². The molecule has 252 valence electrons. The molecule has 5 aromatic rings. The van der Waals surface area contributed by atoms with Crippen molar-refractivity contribution in [2.24, 2.45) is 11.8 Å². The summed E-state index contributed by atoms with van der Waals surface area (Å²) in [6.45, 7) is 10.5. The lowest BCUT2D eigenvalue weighted by molar-refractivity contribution is -0.135. The molecule has 2 fully saturated rings. The van der Waals surface area contributed by atoms with Crippen molar-refractivity contribution in [1.29, 1.82) is 0 Å². The second-order valence-corrected chi connectivity index (χ2v) is 14.1. The molecule has 2 amide bonds. The molecule has 0 spiro atoms. The first kappa shape index (κ1) is 32.6. The van der Waals surface area contributed by atoms with Crippen molar-refractivity contribution in [3.05, 3.63) is 108 Å². The number of carbonyl (C=O) groups is 2. The summed E-state index contributed by atoms with van der Waals surface area (Å²) < 4.78 is 0. The standard InChI is InChI=1S/C41H46N6O2/c1-26(2)27(3)40(48)46-22-20-34(25-46)38-42-23-35(44-38)32-16-12-30(13-17-32)31-14-18-33(19-15-31)36-24-43-39(45-36)37-11-8-21-47(37)41(49)28(4)29-9-6-5-7-10-29/h5-7,9-10,12-19,23-24,26-28,34,37H,8,11,20-22,25H2,1-4H3,(H,42,44)(H,43,45)/t27-,28+,34-,37-/m0/s1. The Bertz CT molecular complexity index is 1890. The lowest BCUT2D eigenvalue weighted by Crippen LogP contribution is -2.35. The van der Waals surface area contributed by atoms with Crippen molar-refractivity contribution < 1.29 is 9.59 Å². The number of aromatic nitrogens is 4. The number of nitrogens with one attached hydrogen (secondary N) is 2. The molecule has 7 rings (SSSR count). The first-order valence-electron chi connectivity index (χ1n) is 17.7. The maximum atomic E-state index is 13.5. The molecule has 0 bridgehead atoms. The van der Waals surface area contributed by atoms with E-state index in [1.165, 1.54) is 0 Å². The molecule has 0 unspecified atom stereocenters. The highest BCUT2D eigenvalue weighted by Crippen LogP contribution is 2.35. The lowest BCUT2D eigenvalue weighted by atomic mass is 9.97. The van der Waals surface area contributed by atoms with Gasteiger partial charge in [-0.1, -0.05) is 99.6 Å². The Morgan fingerprint density at radius 2 is 1.45 bits per heavy atom. The Kier molecular flexibility index (Phi) is 9.21. The Hall–Kier alpha value is -4.98. The average molecular weight is 655 g/mol.